The lowest BCUT2D eigenvalue weighted by Gasteiger charge is -2.05. The minimum Gasteiger partial charge on any atom is -0.281 e. The van der Waals surface area contributed by atoms with Gasteiger partial charge in [-0.15, -0.1) is 0 Å². The topological polar surface area (TPSA) is 34.1 Å². The molecule has 1 radical (unpaired) electrons. The van der Waals surface area contributed by atoms with Crippen molar-refractivity contribution in [2.75, 3.05) is 6.16 Å². The van der Waals surface area contributed by atoms with Crippen molar-refractivity contribution in [2.24, 2.45) is 0 Å². The normalized spacial score (nSPS) is 11.5. The first kappa shape index (κ1) is 19.6. The Hall–Kier alpha value is -0.430. The van der Waals surface area contributed by atoms with Crippen LogP contribution in [0.2, 0.25) is 10.0 Å². The summed E-state index contributed by atoms with van der Waals surface area (Å²) in [4.78, 5) is 12.2. The maximum atomic E-state index is 12.2. The van der Waals surface area contributed by atoms with Crippen LogP contribution in [-0.2, 0) is 4.57 Å². The van der Waals surface area contributed by atoms with Gasteiger partial charge < -0.3 is 0 Å². The quantitative estimate of drug-likeness (QED) is 0.311. The van der Waals surface area contributed by atoms with Crippen molar-refractivity contribution < 1.29 is 9.36 Å². The highest BCUT2D eigenvalue weighted by Crippen LogP contribution is 2.35. The Kier molecular flexibility index (Phi) is 9.95. The van der Waals surface area contributed by atoms with E-state index < -0.39 is 13.3 Å². The van der Waals surface area contributed by atoms with Gasteiger partial charge in [0, 0.05) is 6.16 Å². The lowest BCUT2D eigenvalue weighted by Crippen LogP contribution is -1.98. The van der Waals surface area contributed by atoms with Crippen LogP contribution in [0.4, 0.5) is 0 Å². The van der Waals surface area contributed by atoms with Gasteiger partial charge in [-0.3, -0.25) is 9.36 Å². The van der Waals surface area contributed by atoms with Crippen molar-refractivity contribution in [3.8, 4) is 0 Å². The highest BCUT2D eigenvalue weighted by atomic mass is 35.5. The standard InChI is InChI=1S/C17H24Cl2O2P/c1-2-3-4-5-6-7-8-9-13-22(21)17(20)16-14(18)11-10-12-15(16)19/h10-12H,2-9,13H2,1H3. The van der Waals surface area contributed by atoms with E-state index in [1.807, 2.05) is 0 Å². The summed E-state index contributed by atoms with van der Waals surface area (Å²) in [6.45, 7) is 2.21. The molecule has 123 valence electrons. The van der Waals surface area contributed by atoms with Gasteiger partial charge in [-0.1, -0.05) is 81.1 Å². The Morgan fingerprint density at radius 2 is 1.45 bits per heavy atom. The van der Waals surface area contributed by atoms with Crippen LogP contribution in [0.15, 0.2) is 18.2 Å². The number of halogens is 2. The van der Waals surface area contributed by atoms with Crippen LogP contribution in [0.1, 0.15) is 68.6 Å². The molecule has 0 spiro atoms. The van der Waals surface area contributed by atoms with E-state index in [1.165, 1.54) is 32.1 Å². The Morgan fingerprint density at radius 1 is 0.955 bits per heavy atom. The zero-order valence-electron chi connectivity index (χ0n) is 13.1. The van der Waals surface area contributed by atoms with Crippen LogP contribution >= 0.6 is 31.0 Å². The molecule has 0 bridgehead atoms. The summed E-state index contributed by atoms with van der Waals surface area (Å²) in [5.74, 6) is 0. The fourth-order valence-corrected chi connectivity index (χ4v) is 4.22. The van der Waals surface area contributed by atoms with Gasteiger partial charge >= 0.3 is 0 Å². The molecule has 0 saturated heterocycles. The Bertz CT molecular complexity index is 483. The molecule has 0 N–H and O–H groups in total. The molecule has 0 aliphatic carbocycles. The molecule has 5 heteroatoms. The number of unbranched alkanes of at least 4 members (excludes halogenated alkanes) is 7. The van der Waals surface area contributed by atoms with Gasteiger partial charge in [0.05, 0.1) is 15.6 Å². The second-order valence-electron chi connectivity index (χ2n) is 5.48. The van der Waals surface area contributed by atoms with Crippen LogP contribution in [0.25, 0.3) is 0 Å². The molecule has 1 aromatic carbocycles. The highest BCUT2D eigenvalue weighted by Gasteiger charge is 2.20. The molecule has 1 atom stereocenters. The van der Waals surface area contributed by atoms with Gasteiger partial charge in [0.2, 0.25) is 5.52 Å². The van der Waals surface area contributed by atoms with Crippen molar-refractivity contribution in [1.82, 2.24) is 0 Å². The first-order valence-electron chi connectivity index (χ1n) is 8.01. The number of rotatable bonds is 11. The summed E-state index contributed by atoms with van der Waals surface area (Å²) in [5, 5.41) is 0.550. The third kappa shape index (κ3) is 6.77. The third-order valence-electron chi connectivity index (χ3n) is 3.62. The monoisotopic (exact) mass is 361 g/mol. The van der Waals surface area contributed by atoms with Crippen molar-refractivity contribution in [3.63, 3.8) is 0 Å². The maximum absolute atomic E-state index is 12.2. The zero-order valence-corrected chi connectivity index (χ0v) is 15.5. The minimum absolute atomic E-state index is 0.200. The molecule has 2 nitrogen and oxygen atoms in total. The first-order chi connectivity index (χ1) is 10.6. The van der Waals surface area contributed by atoms with Crippen molar-refractivity contribution in [1.29, 1.82) is 0 Å². The lowest BCUT2D eigenvalue weighted by molar-refractivity contribution is 0.107. The summed E-state index contributed by atoms with van der Waals surface area (Å²) < 4.78 is 12.1. The molecule has 0 fully saturated rings. The van der Waals surface area contributed by atoms with Crippen molar-refractivity contribution >= 4 is 36.5 Å². The number of carbonyl (C=O) groups is 1. The van der Waals surface area contributed by atoms with E-state index >= 15 is 0 Å². The van der Waals surface area contributed by atoms with Crippen LogP contribution in [-0.4, -0.2) is 11.7 Å². The molecule has 1 unspecified atom stereocenters. The fraction of sp³-hybridized carbons (Fsp3) is 0.588. The molecule has 0 aliphatic rings. The molecule has 0 aliphatic heterocycles. The predicted molar refractivity (Wildman–Crippen MR) is 95.9 cm³/mol. The van der Waals surface area contributed by atoms with Gasteiger partial charge in [0.25, 0.3) is 0 Å². The Labute approximate surface area is 144 Å². The van der Waals surface area contributed by atoms with E-state index in [1.54, 1.807) is 18.2 Å². The van der Waals surface area contributed by atoms with E-state index in [-0.39, 0.29) is 15.6 Å². The van der Waals surface area contributed by atoms with Gasteiger partial charge in [-0.25, -0.2) is 0 Å². The molecule has 1 aromatic rings. The van der Waals surface area contributed by atoms with Crippen LogP contribution < -0.4 is 0 Å². The Balaban J connectivity index is 2.29. The van der Waals surface area contributed by atoms with E-state index in [9.17, 15) is 9.36 Å². The molecular formula is C17H24Cl2O2P. The Morgan fingerprint density at radius 3 is 2.00 bits per heavy atom. The molecule has 22 heavy (non-hydrogen) atoms. The third-order valence-corrected chi connectivity index (χ3v) is 5.65. The van der Waals surface area contributed by atoms with Gasteiger partial charge in [0.1, 0.15) is 7.80 Å². The number of hydrogen-bond donors (Lipinski definition) is 0. The zero-order chi connectivity index (χ0) is 16.4. The lowest BCUT2D eigenvalue weighted by atomic mass is 10.1. The van der Waals surface area contributed by atoms with Gasteiger partial charge in [-0.05, 0) is 18.6 Å². The highest BCUT2D eigenvalue weighted by molar-refractivity contribution is 7.64. The fourth-order valence-electron chi connectivity index (χ4n) is 2.32. The van der Waals surface area contributed by atoms with E-state index in [0.717, 1.165) is 19.3 Å². The number of hydrogen-bond acceptors (Lipinski definition) is 2. The largest absolute Gasteiger partial charge is 0.281 e. The van der Waals surface area contributed by atoms with Crippen molar-refractivity contribution in [3.05, 3.63) is 33.8 Å². The molecule has 1 rings (SSSR count). The second kappa shape index (κ2) is 11.2. The first-order valence-corrected chi connectivity index (χ1v) is 10.2. The van der Waals surface area contributed by atoms with Gasteiger partial charge in [0.15, 0.2) is 0 Å². The molecule has 0 aromatic heterocycles. The average Bonchev–Trinajstić information content (AvgIpc) is 2.49. The average molecular weight is 362 g/mol. The summed E-state index contributed by atoms with van der Waals surface area (Å²) >= 11 is 12.0. The van der Waals surface area contributed by atoms with Crippen molar-refractivity contribution in [2.45, 2.75) is 58.3 Å². The summed E-state index contributed by atoms with van der Waals surface area (Å²) in [6, 6.07) is 4.87. The summed E-state index contributed by atoms with van der Waals surface area (Å²) in [7, 11) is -1.94. The SMILES string of the molecule is CCCCCCCCCC[P](=O)C(=O)c1c(Cl)cccc1Cl. The summed E-state index contributed by atoms with van der Waals surface area (Å²) in [5.41, 5.74) is -0.222. The molecule has 0 heterocycles. The smallest absolute Gasteiger partial charge is 0.244 e. The van der Waals surface area contributed by atoms with Crippen LogP contribution in [0.3, 0.4) is 0 Å². The molecule has 0 amide bonds. The minimum atomic E-state index is -1.94. The number of benzene rings is 1. The second-order valence-corrected chi connectivity index (χ2v) is 7.90. The van der Waals surface area contributed by atoms with E-state index in [0.29, 0.717) is 6.16 Å². The van der Waals surface area contributed by atoms with Gasteiger partial charge in [-0.2, -0.15) is 0 Å². The van der Waals surface area contributed by atoms with E-state index in [4.69, 9.17) is 23.2 Å². The van der Waals surface area contributed by atoms with E-state index in [2.05, 4.69) is 6.92 Å². The van der Waals surface area contributed by atoms with Crippen LogP contribution in [0, 0.1) is 0 Å². The number of carbonyl (C=O) groups excluding carboxylic acids is 1. The maximum Gasteiger partial charge on any atom is 0.244 e. The molecule has 0 saturated carbocycles. The molecular weight excluding hydrogens is 338 g/mol. The summed E-state index contributed by atoms with van der Waals surface area (Å²) in [6.07, 6.45) is 9.77. The van der Waals surface area contributed by atoms with Crippen LogP contribution in [0.5, 0.6) is 0 Å². The predicted octanol–water partition coefficient (Wildman–Crippen LogP) is 7.10.